The standard InChI is InChI=1S/C21H19IN4O2/c1-2-16-8-19-20(26(22)21(16)27)7-15(10-24-19)11-25-12-18(13-25)28-17-5-3-14(9-23)4-6-17/h3-8,10,18H,2,11-13H2,1H3. The van der Waals surface area contributed by atoms with Gasteiger partial charge in [-0.15, -0.1) is 0 Å². The first-order chi connectivity index (χ1) is 13.6. The second kappa shape index (κ2) is 7.89. The molecule has 0 N–H and O–H groups in total. The number of likely N-dealkylation sites (tertiary alicyclic amines) is 1. The molecule has 1 saturated heterocycles. The summed E-state index contributed by atoms with van der Waals surface area (Å²) in [5.41, 5.74) is 4.23. The van der Waals surface area contributed by atoms with E-state index in [0.717, 1.165) is 47.5 Å². The average molecular weight is 486 g/mol. The Labute approximate surface area is 176 Å². The summed E-state index contributed by atoms with van der Waals surface area (Å²) >= 11 is 2.06. The minimum absolute atomic E-state index is 0.0365. The Morgan fingerprint density at radius 2 is 2.04 bits per heavy atom. The summed E-state index contributed by atoms with van der Waals surface area (Å²) in [5, 5.41) is 8.85. The number of halogens is 1. The average Bonchev–Trinajstić information content (AvgIpc) is 2.69. The molecule has 1 aromatic carbocycles. The van der Waals surface area contributed by atoms with E-state index in [4.69, 9.17) is 10.00 Å². The Balaban J connectivity index is 1.40. The van der Waals surface area contributed by atoms with Crippen LogP contribution in [0.1, 0.15) is 23.6 Å². The van der Waals surface area contributed by atoms with Crippen molar-refractivity contribution in [2.75, 3.05) is 13.1 Å². The number of hydrogen-bond donors (Lipinski definition) is 0. The molecule has 28 heavy (non-hydrogen) atoms. The maximum absolute atomic E-state index is 12.4. The van der Waals surface area contributed by atoms with Crippen molar-refractivity contribution >= 4 is 33.9 Å². The molecule has 6 nitrogen and oxygen atoms in total. The van der Waals surface area contributed by atoms with E-state index in [-0.39, 0.29) is 11.7 Å². The molecule has 3 heterocycles. The van der Waals surface area contributed by atoms with Crippen LogP contribution in [0.25, 0.3) is 11.0 Å². The van der Waals surface area contributed by atoms with Gasteiger partial charge in [0.2, 0.25) is 0 Å². The summed E-state index contributed by atoms with van der Waals surface area (Å²) in [5.74, 6) is 0.789. The highest BCUT2D eigenvalue weighted by atomic mass is 127. The monoisotopic (exact) mass is 486 g/mol. The minimum atomic E-state index is 0.0365. The number of ether oxygens (including phenoxy) is 1. The quantitative estimate of drug-likeness (QED) is 0.518. The molecule has 1 aliphatic heterocycles. The highest BCUT2D eigenvalue weighted by Crippen LogP contribution is 2.22. The van der Waals surface area contributed by atoms with E-state index in [1.54, 1.807) is 14.9 Å². The molecular formula is C21H19IN4O2. The zero-order chi connectivity index (χ0) is 19.7. The van der Waals surface area contributed by atoms with E-state index in [0.29, 0.717) is 12.0 Å². The third-order valence-electron chi connectivity index (χ3n) is 4.93. The lowest BCUT2D eigenvalue weighted by Gasteiger charge is -2.39. The van der Waals surface area contributed by atoms with Crippen molar-refractivity contribution in [3.05, 3.63) is 69.6 Å². The van der Waals surface area contributed by atoms with Crippen LogP contribution < -0.4 is 10.3 Å². The second-order valence-electron chi connectivity index (χ2n) is 6.93. The molecule has 7 heteroatoms. The fourth-order valence-corrected chi connectivity index (χ4v) is 4.06. The van der Waals surface area contributed by atoms with Crippen molar-refractivity contribution < 1.29 is 4.74 Å². The maximum atomic E-state index is 12.4. The first-order valence-corrected chi connectivity index (χ1v) is 10.1. The Morgan fingerprint density at radius 3 is 2.71 bits per heavy atom. The van der Waals surface area contributed by atoms with Crippen LogP contribution in [-0.2, 0) is 13.0 Å². The zero-order valence-corrected chi connectivity index (χ0v) is 17.6. The summed E-state index contributed by atoms with van der Waals surface area (Å²) in [6.07, 6.45) is 2.74. The largest absolute Gasteiger partial charge is 0.488 e. The molecule has 0 saturated carbocycles. The molecule has 142 valence electrons. The number of rotatable bonds is 5. The van der Waals surface area contributed by atoms with E-state index in [1.165, 1.54) is 0 Å². The third-order valence-corrected chi connectivity index (χ3v) is 5.88. The molecule has 2 aromatic heterocycles. The molecule has 0 bridgehead atoms. The molecule has 4 rings (SSSR count). The predicted octanol–water partition coefficient (Wildman–Crippen LogP) is 3.29. The molecule has 0 atom stereocenters. The third kappa shape index (κ3) is 3.75. The van der Waals surface area contributed by atoms with E-state index in [1.807, 2.05) is 37.4 Å². The molecule has 1 aliphatic rings. The summed E-state index contributed by atoms with van der Waals surface area (Å²) in [6, 6.07) is 13.2. The first-order valence-electron chi connectivity index (χ1n) is 9.16. The number of fused-ring (bicyclic) bond motifs is 1. The van der Waals surface area contributed by atoms with Crippen molar-refractivity contribution in [1.82, 2.24) is 12.7 Å². The van der Waals surface area contributed by atoms with Gasteiger partial charge in [0.15, 0.2) is 0 Å². The number of hydrogen-bond acceptors (Lipinski definition) is 5. The fourth-order valence-electron chi connectivity index (χ4n) is 3.36. The first kappa shape index (κ1) is 18.9. The predicted molar refractivity (Wildman–Crippen MR) is 116 cm³/mol. The number of nitriles is 1. The number of benzene rings is 1. The van der Waals surface area contributed by atoms with E-state index in [2.05, 4.69) is 38.8 Å². The number of nitrogens with zero attached hydrogens (tertiary/aromatic N) is 4. The lowest BCUT2D eigenvalue weighted by atomic mass is 10.1. The van der Waals surface area contributed by atoms with E-state index < -0.39 is 0 Å². The van der Waals surface area contributed by atoms with Crippen LogP contribution in [0, 0.1) is 11.3 Å². The van der Waals surface area contributed by atoms with Crippen molar-refractivity contribution in [3.63, 3.8) is 0 Å². The van der Waals surface area contributed by atoms with Crippen LogP contribution in [0.15, 0.2) is 47.4 Å². The van der Waals surface area contributed by atoms with Gasteiger partial charge >= 0.3 is 0 Å². The number of aryl methyl sites for hydroxylation is 1. The molecule has 0 radical (unpaired) electrons. The van der Waals surface area contributed by atoms with Crippen LogP contribution >= 0.6 is 22.9 Å². The highest BCUT2D eigenvalue weighted by molar-refractivity contribution is 14.1. The van der Waals surface area contributed by atoms with E-state index >= 15 is 0 Å². The normalized spacial score (nSPS) is 14.6. The van der Waals surface area contributed by atoms with Gasteiger partial charge in [-0.05, 0) is 48.4 Å². The molecule has 3 aromatic rings. The van der Waals surface area contributed by atoms with Gasteiger partial charge in [0.1, 0.15) is 11.9 Å². The second-order valence-corrected chi connectivity index (χ2v) is 7.89. The summed E-state index contributed by atoms with van der Waals surface area (Å²) in [7, 11) is 0. The topological polar surface area (TPSA) is 71.2 Å². The van der Waals surface area contributed by atoms with Gasteiger partial charge in [0.05, 0.1) is 45.5 Å². The van der Waals surface area contributed by atoms with Gasteiger partial charge in [-0.25, -0.2) is 2.78 Å². The summed E-state index contributed by atoms with van der Waals surface area (Å²) < 4.78 is 7.60. The SMILES string of the molecule is CCc1cc2ncc(CN3CC(Oc4ccc(C#N)cc4)C3)cc2n(I)c1=O. The molecule has 0 aliphatic carbocycles. The Morgan fingerprint density at radius 1 is 1.29 bits per heavy atom. The maximum Gasteiger partial charge on any atom is 0.263 e. The molecule has 1 fully saturated rings. The summed E-state index contributed by atoms with van der Waals surface area (Å²) in [4.78, 5) is 19.2. The van der Waals surface area contributed by atoms with Crippen molar-refractivity contribution in [2.24, 2.45) is 0 Å². The smallest absolute Gasteiger partial charge is 0.263 e. The van der Waals surface area contributed by atoms with Crippen LogP contribution in [-0.4, -0.2) is 31.9 Å². The van der Waals surface area contributed by atoms with Gasteiger partial charge in [0.25, 0.3) is 5.56 Å². The summed E-state index contributed by atoms with van der Waals surface area (Å²) in [6.45, 7) is 4.43. The lowest BCUT2D eigenvalue weighted by Crippen LogP contribution is -2.53. The fraction of sp³-hybridized carbons (Fsp3) is 0.286. The highest BCUT2D eigenvalue weighted by Gasteiger charge is 2.28. The van der Waals surface area contributed by atoms with Crippen LogP contribution in [0.2, 0.25) is 0 Å². The van der Waals surface area contributed by atoms with Crippen molar-refractivity contribution in [2.45, 2.75) is 26.0 Å². The Kier molecular flexibility index (Phi) is 5.33. The van der Waals surface area contributed by atoms with Gasteiger partial charge in [-0.3, -0.25) is 14.7 Å². The molecule has 0 amide bonds. The van der Waals surface area contributed by atoms with Crippen LogP contribution in [0.3, 0.4) is 0 Å². The van der Waals surface area contributed by atoms with Crippen LogP contribution in [0.4, 0.5) is 0 Å². The van der Waals surface area contributed by atoms with Gasteiger partial charge in [-0.2, -0.15) is 5.26 Å². The molecule has 0 unspecified atom stereocenters. The van der Waals surface area contributed by atoms with Crippen LogP contribution in [0.5, 0.6) is 5.75 Å². The van der Waals surface area contributed by atoms with Crippen molar-refractivity contribution in [1.29, 1.82) is 5.26 Å². The lowest BCUT2D eigenvalue weighted by molar-refractivity contribution is 0.0145. The molecule has 0 spiro atoms. The Hall–Kier alpha value is -2.44. The number of aromatic nitrogens is 2. The number of pyridine rings is 2. The van der Waals surface area contributed by atoms with Gasteiger partial charge in [0, 0.05) is 31.4 Å². The van der Waals surface area contributed by atoms with Gasteiger partial charge in [-0.1, -0.05) is 6.92 Å². The van der Waals surface area contributed by atoms with E-state index in [9.17, 15) is 4.79 Å². The minimum Gasteiger partial charge on any atom is -0.488 e. The van der Waals surface area contributed by atoms with Crippen molar-refractivity contribution in [3.8, 4) is 11.8 Å². The molecular weight excluding hydrogens is 467 g/mol. The Bertz CT molecular complexity index is 1110. The van der Waals surface area contributed by atoms with Gasteiger partial charge < -0.3 is 4.74 Å². The zero-order valence-electron chi connectivity index (χ0n) is 15.4.